The lowest BCUT2D eigenvalue weighted by Crippen LogP contribution is -2.29. The molecule has 0 saturated heterocycles. The maximum atomic E-state index is 11.0. The van der Waals surface area contributed by atoms with Crippen LogP contribution in [-0.2, 0) is 6.42 Å². The highest BCUT2D eigenvalue weighted by atomic mass is 16.6. The Kier molecular flexibility index (Phi) is 4.95. The normalized spacial score (nSPS) is 15.9. The van der Waals surface area contributed by atoms with Gasteiger partial charge in [-0.25, -0.2) is 0 Å². The molecule has 0 amide bonds. The van der Waals surface area contributed by atoms with Crippen LogP contribution in [-0.4, -0.2) is 24.6 Å². The van der Waals surface area contributed by atoms with Crippen molar-refractivity contribution in [1.29, 1.82) is 0 Å². The van der Waals surface area contributed by atoms with E-state index in [9.17, 15) is 10.1 Å². The van der Waals surface area contributed by atoms with Gasteiger partial charge in [-0.1, -0.05) is 13.0 Å². The predicted molar refractivity (Wildman–Crippen MR) is 78.2 cm³/mol. The quantitative estimate of drug-likeness (QED) is 0.586. The molecule has 0 aromatic heterocycles. The molecule has 0 radical (unpaired) electrons. The van der Waals surface area contributed by atoms with E-state index in [2.05, 4.69) is 5.32 Å². The summed E-state index contributed by atoms with van der Waals surface area (Å²) in [6.45, 7) is 2.49. The molecular formula is C15H22N2O3. The van der Waals surface area contributed by atoms with Crippen LogP contribution in [0.15, 0.2) is 18.2 Å². The van der Waals surface area contributed by atoms with E-state index in [1.54, 1.807) is 6.07 Å². The molecule has 2 rings (SSSR count). The summed E-state index contributed by atoms with van der Waals surface area (Å²) in [4.78, 5) is 10.6. The Morgan fingerprint density at radius 1 is 1.50 bits per heavy atom. The molecule has 1 atom stereocenters. The lowest BCUT2D eigenvalue weighted by atomic mass is 10.0. The van der Waals surface area contributed by atoms with E-state index in [-0.39, 0.29) is 10.6 Å². The van der Waals surface area contributed by atoms with Gasteiger partial charge in [0.25, 0.3) is 0 Å². The van der Waals surface area contributed by atoms with Crippen LogP contribution in [0, 0.1) is 16.0 Å². The highest BCUT2D eigenvalue weighted by molar-refractivity contribution is 5.48. The standard InChI is InChI=1S/C15H22N2O3/c1-3-8-20-15-10-11(4-7-14(15)17(18)19)9-13(16-2)12-5-6-12/h4,7,10,12-13,16H,3,5-6,8-9H2,1-2H3. The largest absolute Gasteiger partial charge is 0.487 e. The number of hydrogen-bond acceptors (Lipinski definition) is 4. The minimum atomic E-state index is -0.384. The molecule has 1 aliphatic rings. The van der Waals surface area contributed by atoms with Crippen LogP contribution < -0.4 is 10.1 Å². The monoisotopic (exact) mass is 278 g/mol. The Bertz CT molecular complexity index is 472. The third-order valence-corrected chi connectivity index (χ3v) is 3.70. The molecule has 0 spiro atoms. The molecule has 1 saturated carbocycles. The number of nitrogens with one attached hydrogen (secondary N) is 1. The van der Waals surface area contributed by atoms with Crippen LogP contribution in [0.2, 0.25) is 0 Å². The van der Waals surface area contributed by atoms with Crippen LogP contribution in [0.3, 0.4) is 0 Å². The number of ether oxygens (including phenoxy) is 1. The van der Waals surface area contributed by atoms with Crippen molar-refractivity contribution in [3.8, 4) is 5.75 Å². The van der Waals surface area contributed by atoms with Crippen molar-refractivity contribution in [3.63, 3.8) is 0 Å². The number of nitro groups is 1. The van der Waals surface area contributed by atoms with Gasteiger partial charge in [0.2, 0.25) is 0 Å². The number of likely N-dealkylation sites (N-methyl/N-ethyl adjacent to an activating group) is 1. The Hall–Kier alpha value is -1.62. The molecule has 1 N–H and O–H groups in total. The smallest absolute Gasteiger partial charge is 0.310 e. The second-order valence-corrected chi connectivity index (χ2v) is 5.34. The van der Waals surface area contributed by atoms with Crippen molar-refractivity contribution in [3.05, 3.63) is 33.9 Å². The zero-order valence-corrected chi connectivity index (χ0v) is 12.1. The summed E-state index contributed by atoms with van der Waals surface area (Å²) in [6.07, 6.45) is 4.28. The summed E-state index contributed by atoms with van der Waals surface area (Å²) in [5.41, 5.74) is 1.14. The zero-order chi connectivity index (χ0) is 14.5. The SMILES string of the molecule is CCCOc1cc(CC(NC)C2CC2)ccc1[N+](=O)[O-]. The van der Waals surface area contributed by atoms with Gasteiger partial charge in [-0.2, -0.15) is 0 Å². The van der Waals surface area contributed by atoms with Gasteiger partial charge in [-0.15, -0.1) is 0 Å². The van der Waals surface area contributed by atoms with Crippen molar-refractivity contribution in [2.24, 2.45) is 5.92 Å². The second-order valence-electron chi connectivity index (χ2n) is 5.34. The molecule has 0 heterocycles. The minimum Gasteiger partial charge on any atom is -0.487 e. The highest BCUT2D eigenvalue weighted by Gasteiger charge is 2.30. The lowest BCUT2D eigenvalue weighted by Gasteiger charge is -2.16. The fourth-order valence-corrected chi connectivity index (χ4v) is 2.42. The molecule has 1 aromatic rings. The van der Waals surface area contributed by atoms with Crippen molar-refractivity contribution >= 4 is 5.69 Å². The first-order valence-electron chi connectivity index (χ1n) is 7.23. The van der Waals surface area contributed by atoms with Crippen LogP contribution >= 0.6 is 0 Å². The van der Waals surface area contributed by atoms with Crippen molar-refractivity contribution < 1.29 is 9.66 Å². The van der Waals surface area contributed by atoms with Gasteiger partial charge in [0.15, 0.2) is 5.75 Å². The summed E-state index contributed by atoms with van der Waals surface area (Å²) < 4.78 is 5.52. The van der Waals surface area contributed by atoms with E-state index < -0.39 is 0 Å². The molecule has 110 valence electrons. The van der Waals surface area contributed by atoms with E-state index in [1.165, 1.54) is 12.8 Å². The highest BCUT2D eigenvalue weighted by Crippen LogP contribution is 2.35. The molecular weight excluding hydrogens is 256 g/mol. The number of nitrogens with zero attached hydrogens (tertiary/aromatic N) is 1. The van der Waals surface area contributed by atoms with Gasteiger partial charge in [0.1, 0.15) is 0 Å². The third kappa shape index (κ3) is 3.70. The lowest BCUT2D eigenvalue weighted by molar-refractivity contribution is -0.385. The van der Waals surface area contributed by atoms with Crippen LogP contribution in [0.1, 0.15) is 31.7 Å². The van der Waals surface area contributed by atoms with Gasteiger partial charge in [0.05, 0.1) is 11.5 Å². The predicted octanol–water partition coefficient (Wildman–Crippen LogP) is 2.92. The first-order chi connectivity index (χ1) is 9.65. The molecule has 1 aromatic carbocycles. The van der Waals surface area contributed by atoms with Crippen LogP contribution in [0.4, 0.5) is 5.69 Å². The summed E-state index contributed by atoms with van der Waals surface area (Å²) in [5.74, 6) is 1.13. The molecule has 0 aliphatic heterocycles. The molecule has 5 heteroatoms. The topological polar surface area (TPSA) is 64.4 Å². The van der Waals surface area contributed by atoms with E-state index in [0.717, 1.165) is 24.3 Å². The van der Waals surface area contributed by atoms with Crippen LogP contribution in [0.5, 0.6) is 5.75 Å². The molecule has 1 fully saturated rings. The van der Waals surface area contributed by atoms with Crippen molar-refractivity contribution in [1.82, 2.24) is 5.32 Å². The molecule has 1 aliphatic carbocycles. The molecule has 1 unspecified atom stereocenters. The van der Waals surface area contributed by atoms with Crippen molar-refractivity contribution in [2.75, 3.05) is 13.7 Å². The number of hydrogen-bond donors (Lipinski definition) is 1. The maximum Gasteiger partial charge on any atom is 0.310 e. The Morgan fingerprint density at radius 3 is 2.80 bits per heavy atom. The molecule has 0 bridgehead atoms. The average Bonchev–Trinajstić information content (AvgIpc) is 3.26. The number of benzene rings is 1. The Labute approximate surface area is 119 Å². The molecule has 5 nitrogen and oxygen atoms in total. The van der Waals surface area contributed by atoms with Crippen LogP contribution in [0.25, 0.3) is 0 Å². The summed E-state index contributed by atoms with van der Waals surface area (Å²) in [6, 6.07) is 5.67. The first-order valence-corrected chi connectivity index (χ1v) is 7.23. The summed E-state index contributed by atoms with van der Waals surface area (Å²) in [5, 5.41) is 14.3. The van der Waals surface area contributed by atoms with Gasteiger partial charge in [-0.3, -0.25) is 10.1 Å². The maximum absolute atomic E-state index is 11.0. The fraction of sp³-hybridized carbons (Fsp3) is 0.600. The van der Waals surface area contributed by atoms with E-state index >= 15 is 0 Å². The minimum absolute atomic E-state index is 0.0506. The summed E-state index contributed by atoms with van der Waals surface area (Å²) >= 11 is 0. The number of nitro benzene ring substituents is 1. The van der Waals surface area contributed by atoms with Gasteiger partial charge in [-0.05, 0) is 50.3 Å². The summed E-state index contributed by atoms with van der Waals surface area (Å²) in [7, 11) is 1.98. The van der Waals surface area contributed by atoms with E-state index in [0.29, 0.717) is 18.4 Å². The molecule has 20 heavy (non-hydrogen) atoms. The Balaban J connectivity index is 2.14. The second kappa shape index (κ2) is 6.70. The fourth-order valence-electron chi connectivity index (χ4n) is 2.42. The third-order valence-electron chi connectivity index (χ3n) is 3.70. The van der Waals surface area contributed by atoms with E-state index in [4.69, 9.17) is 4.74 Å². The van der Waals surface area contributed by atoms with E-state index in [1.807, 2.05) is 26.1 Å². The average molecular weight is 278 g/mol. The Morgan fingerprint density at radius 2 is 2.25 bits per heavy atom. The first kappa shape index (κ1) is 14.8. The van der Waals surface area contributed by atoms with Gasteiger partial charge < -0.3 is 10.1 Å². The zero-order valence-electron chi connectivity index (χ0n) is 12.1. The van der Waals surface area contributed by atoms with Gasteiger partial charge >= 0.3 is 5.69 Å². The van der Waals surface area contributed by atoms with Crippen molar-refractivity contribution in [2.45, 2.75) is 38.6 Å². The van der Waals surface area contributed by atoms with Gasteiger partial charge in [0, 0.05) is 12.1 Å². The number of rotatable bonds is 8.